The van der Waals surface area contributed by atoms with Crippen LogP contribution in [-0.2, 0) is 20.0 Å². The summed E-state index contributed by atoms with van der Waals surface area (Å²) in [7, 11) is 1.96. The molecular weight excluding hydrogens is 226 g/mol. The Bertz CT molecular complexity index is 513. The average molecular weight is 247 g/mol. The molecule has 1 unspecified atom stereocenters. The SMILES string of the molecule is CCc1ccc(CNC(C)c2cnn(C)c2C)o1. The summed E-state index contributed by atoms with van der Waals surface area (Å²) in [4.78, 5) is 0. The van der Waals surface area contributed by atoms with Crippen molar-refractivity contribution >= 4 is 0 Å². The highest BCUT2D eigenvalue weighted by atomic mass is 16.3. The van der Waals surface area contributed by atoms with Gasteiger partial charge in [-0.1, -0.05) is 6.92 Å². The Kier molecular flexibility index (Phi) is 3.87. The second-order valence-electron chi connectivity index (χ2n) is 4.63. The van der Waals surface area contributed by atoms with Crippen molar-refractivity contribution in [3.8, 4) is 0 Å². The van der Waals surface area contributed by atoms with Crippen LogP contribution >= 0.6 is 0 Å². The lowest BCUT2D eigenvalue weighted by atomic mass is 10.1. The maximum Gasteiger partial charge on any atom is 0.117 e. The monoisotopic (exact) mass is 247 g/mol. The third-order valence-electron chi connectivity index (χ3n) is 3.39. The van der Waals surface area contributed by atoms with Crippen LogP contribution in [0.15, 0.2) is 22.7 Å². The lowest BCUT2D eigenvalue weighted by Gasteiger charge is -2.12. The van der Waals surface area contributed by atoms with Gasteiger partial charge in [0.05, 0.1) is 12.7 Å². The molecule has 2 rings (SSSR count). The molecule has 18 heavy (non-hydrogen) atoms. The molecule has 0 saturated heterocycles. The molecule has 0 aromatic carbocycles. The Morgan fingerprint density at radius 2 is 2.11 bits per heavy atom. The average Bonchev–Trinajstić information content (AvgIpc) is 2.95. The van der Waals surface area contributed by atoms with Gasteiger partial charge in [0.25, 0.3) is 0 Å². The Balaban J connectivity index is 1.95. The second-order valence-corrected chi connectivity index (χ2v) is 4.63. The Morgan fingerprint density at radius 3 is 2.67 bits per heavy atom. The Morgan fingerprint density at radius 1 is 1.39 bits per heavy atom. The molecular formula is C14H21N3O. The summed E-state index contributed by atoms with van der Waals surface area (Å²) in [6.45, 7) is 7.07. The van der Waals surface area contributed by atoms with Crippen molar-refractivity contribution in [2.45, 2.75) is 39.8 Å². The smallest absolute Gasteiger partial charge is 0.117 e. The third-order valence-corrected chi connectivity index (χ3v) is 3.39. The van der Waals surface area contributed by atoms with Crippen LogP contribution in [0.25, 0.3) is 0 Å². The van der Waals surface area contributed by atoms with Crippen molar-refractivity contribution in [1.82, 2.24) is 15.1 Å². The van der Waals surface area contributed by atoms with E-state index in [9.17, 15) is 0 Å². The zero-order valence-corrected chi connectivity index (χ0v) is 11.5. The van der Waals surface area contributed by atoms with Crippen molar-refractivity contribution in [2.75, 3.05) is 0 Å². The predicted octanol–water partition coefficient (Wildman–Crippen LogP) is 2.73. The van der Waals surface area contributed by atoms with Crippen molar-refractivity contribution in [1.29, 1.82) is 0 Å². The van der Waals surface area contributed by atoms with Crippen molar-refractivity contribution in [2.24, 2.45) is 7.05 Å². The van der Waals surface area contributed by atoms with Crippen LogP contribution in [-0.4, -0.2) is 9.78 Å². The third kappa shape index (κ3) is 2.64. The zero-order valence-electron chi connectivity index (χ0n) is 11.5. The highest BCUT2D eigenvalue weighted by molar-refractivity contribution is 5.20. The summed E-state index contributed by atoms with van der Waals surface area (Å²) in [5, 5.41) is 7.72. The quantitative estimate of drug-likeness (QED) is 0.883. The van der Waals surface area contributed by atoms with E-state index in [1.54, 1.807) is 0 Å². The summed E-state index contributed by atoms with van der Waals surface area (Å²) >= 11 is 0. The molecule has 0 spiro atoms. The molecule has 1 atom stereocenters. The van der Waals surface area contributed by atoms with Gasteiger partial charge >= 0.3 is 0 Å². The first-order valence-electron chi connectivity index (χ1n) is 6.41. The topological polar surface area (TPSA) is 43.0 Å². The summed E-state index contributed by atoms with van der Waals surface area (Å²) in [6, 6.07) is 4.35. The molecule has 2 aromatic rings. The molecule has 0 fully saturated rings. The van der Waals surface area contributed by atoms with Crippen LogP contribution < -0.4 is 5.32 Å². The van der Waals surface area contributed by atoms with E-state index >= 15 is 0 Å². The van der Waals surface area contributed by atoms with E-state index in [1.165, 1.54) is 11.3 Å². The lowest BCUT2D eigenvalue weighted by molar-refractivity contribution is 0.435. The first-order chi connectivity index (χ1) is 8.61. The summed E-state index contributed by atoms with van der Waals surface area (Å²) in [5.41, 5.74) is 2.43. The van der Waals surface area contributed by atoms with Gasteiger partial charge in [-0.2, -0.15) is 5.10 Å². The van der Waals surface area contributed by atoms with Gasteiger partial charge in [-0.3, -0.25) is 4.68 Å². The number of hydrogen-bond acceptors (Lipinski definition) is 3. The van der Waals surface area contributed by atoms with Gasteiger partial charge in [-0.25, -0.2) is 0 Å². The number of furan rings is 1. The van der Waals surface area contributed by atoms with E-state index in [-0.39, 0.29) is 6.04 Å². The molecule has 4 nitrogen and oxygen atoms in total. The molecule has 0 aliphatic heterocycles. The molecule has 2 heterocycles. The fourth-order valence-corrected chi connectivity index (χ4v) is 2.01. The van der Waals surface area contributed by atoms with Crippen LogP contribution in [0, 0.1) is 6.92 Å². The molecule has 0 aliphatic carbocycles. The van der Waals surface area contributed by atoms with Crippen LogP contribution in [0.3, 0.4) is 0 Å². The molecule has 4 heteroatoms. The van der Waals surface area contributed by atoms with Gasteiger partial charge in [0.15, 0.2) is 0 Å². The molecule has 0 bridgehead atoms. The standard InChI is InChI=1S/C14H21N3O/c1-5-12-6-7-13(18-12)8-15-10(2)14-9-16-17(4)11(14)3/h6-7,9-10,15H,5,8H2,1-4H3. The van der Waals surface area contributed by atoms with E-state index in [0.717, 1.165) is 24.5 Å². The summed E-state index contributed by atoms with van der Waals surface area (Å²) < 4.78 is 7.57. The van der Waals surface area contributed by atoms with Gasteiger partial charge in [0.2, 0.25) is 0 Å². The highest BCUT2D eigenvalue weighted by Gasteiger charge is 2.12. The first-order valence-corrected chi connectivity index (χ1v) is 6.41. The minimum absolute atomic E-state index is 0.272. The van der Waals surface area contributed by atoms with E-state index in [1.807, 2.05) is 30.1 Å². The van der Waals surface area contributed by atoms with Crippen LogP contribution in [0.1, 0.15) is 42.7 Å². The van der Waals surface area contributed by atoms with Crippen LogP contribution in [0.5, 0.6) is 0 Å². The summed E-state index contributed by atoms with van der Waals surface area (Å²) in [6.07, 6.45) is 2.86. The largest absolute Gasteiger partial charge is 0.465 e. The minimum Gasteiger partial charge on any atom is -0.465 e. The number of aromatic nitrogens is 2. The van der Waals surface area contributed by atoms with Gasteiger partial charge in [0.1, 0.15) is 11.5 Å². The molecule has 0 amide bonds. The summed E-state index contributed by atoms with van der Waals surface area (Å²) in [5.74, 6) is 2.03. The van der Waals surface area contributed by atoms with Gasteiger partial charge in [-0.05, 0) is 26.0 Å². The van der Waals surface area contributed by atoms with Gasteiger partial charge in [-0.15, -0.1) is 0 Å². The van der Waals surface area contributed by atoms with Gasteiger partial charge < -0.3 is 9.73 Å². The predicted molar refractivity (Wildman–Crippen MR) is 71.3 cm³/mol. The van der Waals surface area contributed by atoms with E-state index in [0.29, 0.717) is 0 Å². The number of rotatable bonds is 5. The number of aryl methyl sites for hydroxylation is 2. The fourth-order valence-electron chi connectivity index (χ4n) is 2.01. The number of nitrogens with zero attached hydrogens (tertiary/aromatic N) is 2. The molecule has 1 N–H and O–H groups in total. The van der Waals surface area contributed by atoms with Crippen molar-refractivity contribution in [3.05, 3.63) is 41.1 Å². The Labute approximate surface area is 108 Å². The zero-order chi connectivity index (χ0) is 13.1. The van der Waals surface area contributed by atoms with Crippen molar-refractivity contribution < 1.29 is 4.42 Å². The maximum atomic E-state index is 5.67. The molecule has 0 aliphatic rings. The highest BCUT2D eigenvalue weighted by Crippen LogP contribution is 2.17. The van der Waals surface area contributed by atoms with E-state index in [4.69, 9.17) is 4.42 Å². The van der Waals surface area contributed by atoms with Crippen molar-refractivity contribution in [3.63, 3.8) is 0 Å². The lowest BCUT2D eigenvalue weighted by Crippen LogP contribution is -2.18. The Hall–Kier alpha value is -1.55. The van der Waals surface area contributed by atoms with Gasteiger partial charge in [0, 0.05) is 30.8 Å². The van der Waals surface area contributed by atoms with E-state index in [2.05, 4.69) is 31.2 Å². The van der Waals surface area contributed by atoms with E-state index < -0.39 is 0 Å². The molecule has 98 valence electrons. The minimum atomic E-state index is 0.272. The van der Waals surface area contributed by atoms with Crippen LogP contribution in [0.2, 0.25) is 0 Å². The number of nitrogens with one attached hydrogen (secondary N) is 1. The number of hydrogen-bond donors (Lipinski definition) is 1. The van der Waals surface area contributed by atoms with Crippen LogP contribution in [0.4, 0.5) is 0 Å². The second kappa shape index (κ2) is 5.40. The molecule has 0 radical (unpaired) electrons. The molecule has 0 saturated carbocycles. The fraction of sp³-hybridized carbons (Fsp3) is 0.500. The normalized spacial score (nSPS) is 12.9. The maximum absolute atomic E-state index is 5.67. The molecule has 2 aromatic heterocycles. The first kappa shape index (κ1) is 12.9.